The molecule has 0 bridgehead atoms. The van der Waals surface area contributed by atoms with Crippen molar-refractivity contribution in [3.05, 3.63) is 42.6 Å². The number of benzene rings is 1. The van der Waals surface area contributed by atoms with Gasteiger partial charge in [0, 0.05) is 25.4 Å². The summed E-state index contributed by atoms with van der Waals surface area (Å²) >= 11 is 0. The maximum atomic E-state index is 11.3. The highest BCUT2D eigenvalue weighted by atomic mass is 16.5. The summed E-state index contributed by atoms with van der Waals surface area (Å²) in [6.07, 6.45) is 2.20. The Morgan fingerprint density at radius 2 is 2.09 bits per heavy atom. The molecule has 3 rings (SSSR count). The van der Waals surface area contributed by atoms with E-state index in [9.17, 15) is 9.90 Å². The van der Waals surface area contributed by atoms with Gasteiger partial charge in [-0.1, -0.05) is 18.2 Å². The Kier molecular flexibility index (Phi) is 3.66. The molecule has 6 nitrogen and oxygen atoms in total. The molecule has 1 aromatic carbocycles. The molecule has 1 aromatic heterocycles. The van der Waals surface area contributed by atoms with Gasteiger partial charge >= 0.3 is 5.97 Å². The van der Waals surface area contributed by atoms with Crippen molar-refractivity contribution in [3.63, 3.8) is 0 Å². The third-order valence-corrected chi connectivity index (χ3v) is 3.86. The predicted octanol–water partition coefficient (Wildman–Crippen LogP) is 2.57. The van der Waals surface area contributed by atoms with Gasteiger partial charge in [0.25, 0.3) is 0 Å². The summed E-state index contributed by atoms with van der Waals surface area (Å²) < 4.78 is 5.68. The van der Waals surface area contributed by atoms with Gasteiger partial charge in [0.2, 0.25) is 11.8 Å². The van der Waals surface area contributed by atoms with Gasteiger partial charge in [-0.3, -0.25) is 4.79 Å². The summed E-state index contributed by atoms with van der Waals surface area (Å²) in [4.78, 5) is 21.8. The van der Waals surface area contributed by atoms with Crippen LogP contribution in [0, 0.1) is 5.41 Å². The molecule has 1 aliphatic rings. The van der Waals surface area contributed by atoms with Crippen LogP contribution in [0.4, 0.5) is 5.95 Å². The summed E-state index contributed by atoms with van der Waals surface area (Å²) in [5.74, 6) is 0.856. The first-order chi connectivity index (χ1) is 10.6. The standard InChI is InChI=1S/C16H17N3O3/c1-16(14(20)21)8-10-19(11-16)15-17-9-7-13(18-15)22-12-5-3-2-4-6-12/h2-7,9H,8,10-11H2,1H3,(H,20,21). The van der Waals surface area contributed by atoms with Crippen LogP contribution < -0.4 is 9.64 Å². The third kappa shape index (κ3) is 2.86. The maximum Gasteiger partial charge on any atom is 0.311 e. The fraction of sp³-hybridized carbons (Fsp3) is 0.312. The van der Waals surface area contributed by atoms with Crippen LogP contribution in [0.2, 0.25) is 0 Å². The molecule has 1 atom stereocenters. The highest BCUT2D eigenvalue weighted by molar-refractivity contribution is 5.76. The average molecular weight is 299 g/mol. The number of ether oxygens (including phenoxy) is 1. The maximum absolute atomic E-state index is 11.3. The molecule has 22 heavy (non-hydrogen) atoms. The molecular weight excluding hydrogens is 282 g/mol. The number of nitrogens with zero attached hydrogens (tertiary/aromatic N) is 3. The zero-order valence-corrected chi connectivity index (χ0v) is 12.3. The number of rotatable bonds is 4. The van der Waals surface area contributed by atoms with Crippen molar-refractivity contribution in [2.45, 2.75) is 13.3 Å². The van der Waals surface area contributed by atoms with Crippen LogP contribution in [-0.4, -0.2) is 34.1 Å². The van der Waals surface area contributed by atoms with Gasteiger partial charge in [0.05, 0.1) is 5.41 Å². The van der Waals surface area contributed by atoms with E-state index in [1.165, 1.54) is 0 Å². The van der Waals surface area contributed by atoms with Crippen LogP contribution in [0.5, 0.6) is 11.6 Å². The highest BCUT2D eigenvalue weighted by Gasteiger charge is 2.41. The summed E-state index contributed by atoms with van der Waals surface area (Å²) in [6.45, 7) is 2.77. The van der Waals surface area contributed by atoms with Crippen molar-refractivity contribution >= 4 is 11.9 Å². The minimum Gasteiger partial charge on any atom is -0.481 e. The average Bonchev–Trinajstić information content (AvgIpc) is 2.93. The molecule has 114 valence electrons. The van der Waals surface area contributed by atoms with Crippen LogP contribution in [0.25, 0.3) is 0 Å². The Hall–Kier alpha value is -2.63. The molecule has 0 aliphatic carbocycles. The Morgan fingerprint density at radius 3 is 2.77 bits per heavy atom. The SMILES string of the molecule is CC1(C(=O)O)CCN(c2nccc(Oc3ccccc3)n2)C1. The smallest absolute Gasteiger partial charge is 0.311 e. The first-order valence-corrected chi connectivity index (χ1v) is 7.11. The van der Waals surface area contributed by atoms with E-state index in [0.717, 1.165) is 0 Å². The van der Waals surface area contributed by atoms with Crippen molar-refractivity contribution in [2.24, 2.45) is 5.41 Å². The molecule has 2 heterocycles. The largest absolute Gasteiger partial charge is 0.481 e. The number of carboxylic acids is 1. The van der Waals surface area contributed by atoms with Crippen molar-refractivity contribution < 1.29 is 14.6 Å². The van der Waals surface area contributed by atoms with E-state index in [4.69, 9.17) is 4.74 Å². The number of anilines is 1. The highest BCUT2D eigenvalue weighted by Crippen LogP contribution is 2.32. The molecular formula is C16H17N3O3. The van der Waals surface area contributed by atoms with Gasteiger partial charge in [-0.2, -0.15) is 4.98 Å². The number of carbonyl (C=O) groups is 1. The van der Waals surface area contributed by atoms with Gasteiger partial charge in [0.1, 0.15) is 5.75 Å². The monoisotopic (exact) mass is 299 g/mol. The fourth-order valence-electron chi connectivity index (χ4n) is 2.46. The van der Waals surface area contributed by atoms with Gasteiger partial charge in [-0.15, -0.1) is 0 Å². The molecule has 1 unspecified atom stereocenters. The lowest BCUT2D eigenvalue weighted by Crippen LogP contribution is -2.32. The van der Waals surface area contributed by atoms with Crippen molar-refractivity contribution in [1.29, 1.82) is 0 Å². The lowest BCUT2D eigenvalue weighted by Gasteiger charge is -2.20. The quantitative estimate of drug-likeness (QED) is 0.935. The summed E-state index contributed by atoms with van der Waals surface area (Å²) in [5.41, 5.74) is -0.750. The summed E-state index contributed by atoms with van der Waals surface area (Å²) in [5, 5.41) is 9.29. The van der Waals surface area contributed by atoms with Crippen LogP contribution in [0.1, 0.15) is 13.3 Å². The van der Waals surface area contributed by atoms with Crippen molar-refractivity contribution in [1.82, 2.24) is 9.97 Å². The number of para-hydroxylation sites is 1. The molecule has 1 aliphatic heterocycles. The Morgan fingerprint density at radius 1 is 1.32 bits per heavy atom. The summed E-state index contributed by atoms with van der Waals surface area (Å²) in [7, 11) is 0. The molecule has 6 heteroatoms. The Labute approximate surface area is 128 Å². The number of hydrogen-bond donors (Lipinski definition) is 1. The van der Waals surface area contributed by atoms with E-state index in [1.807, 2.05) is 35.2 Å². The molecule has 2 aromatic rings. The molecule has 0 radical (unpaired) electrons. The third-order valence-electron chi connectivity index (χ3n) is 3.86. The normalized spacial score (nSPS) is 20.9. The first kappa shape index (κ1) is 14.3. The van der Waals surface area contributed by atoms with Gasteiger partial charge in [-0.25, -0.2) is 4.98 Å². The van der Waals surface area contributed by atoms with E-state index in [1.54, 1.807) is 19.2 Å². The minimum absolute atomic E-state index is 0.400. The van der Waals surface area contributed by atoms with Crippen molar-refractivity contribution in [3.8, 4) is 11.6 Å². The van der Waals surface area contributed by atoms with E-state index in [0.29, 0.717) is 37.1 Å². The second-order valence-corrected chi connectivity index (χ2v) is 5.65. The minimum atomic E-state index is -0.785. The predicted molar refractivity (Wildman–Crippen MR) is 81.1 cm³/mol. The molecule has 0 amide bonds. The lowest BCUT2D eigenvalue weighted by atomic mass is 9.90. The van der Waals surface area contributed by atoms with Crippen LogP contribution in [0.15, 0.2) is 42.6 Å². The lowest BCUT2D eigenvalue weighted by molar-refractivity contribution is -0.146. The van der Waals surface area contributed by atoms with Gasteiger partial charge < -0.3 is 14.7 Å². The van der Waals surface area contributed by atoms with E-state index >= 15 is 0 Å². The number of hydrogen-bond acceptors (Lipinski definition) is 5. The fourth-order valence-corrected chi connectivity index (χ4v) is 2.46. The molecule has 0 spiro atoms. The van der Waals surface area contributed by atoms with Crippen molar-refractivity contribution in [2.75, 3.05) is 18.0 Å². The molecule has 1 fully saturated rings. The van der Waals surface area contributed by atoms with Crippen LogP contribution in [-0.2, 0) is 4.79 Å². The topological polar surface area (TPSA) is 75.5 Å². The molecule has 1 saturated heterocycles. The van der Waals surface area contributed by atoms with Crippen LogP contribution in [0.3, 0.4) is 0 Å². The molecule has 1 N–H and O–H groups in total. The zero-order chi connectivity index (χ0) is 15.6. The second-order valence-electron chi connectivity index (χ2n) is 5.65. The summed E-state index contributed by atoms with van der Waals surface area (Å²) in [6, 6.07) is 11.1. The number of aliphatic carboxylic acids is 1. The first-order valence-electron chi connectivity index (χ1n) is 7.11. The zero-order valence-electron chi connectivity index (χ0n) is 12.3. The Balaban J connectivity index is 1.76. The van der Waals surface area contributed by atoms with Gasteiger partial charge in [0.15, 0.2) is 0 Å². The Bertz CT molecular complexity index is 677. The van der Waals surface area contributed by atoms with E-state index in [2.05, 4.69) is 9.97 Å². The number of aromatic nitrogens is 2. The molecule has 0 saturated carbocycles. The van der Waals surface area contributed by atoms with E-state index < -0.39 is 11.4 Å². The van der Waals surface area contributed by atoms with Crippen LogP contribution >= 0.6 is 0 Å². The number of carboxylic acid groups (broad SMARTS) is 1. The van der Waals surface area contributed by atoms with E-state index in [-0.39, 0.29) is 0 Å². The van der Waals surface area contributed by atoms with Gasteiger partial charge in [-0.05, 0) is 25.5 Å². The second kappa shape index (κ2) is 5.63.